The molecule has 4 nitrogen and oxygen atoms in total. The van der Waals surface area contributed by atoms with E-state index in [9.17, 15) is 14.7 Å². The normalized spacial score (nSPS) is 18.3. The van der Waals surface area contributed by atoms with Crippen molar-refractivity contribution in [1.82, 2.24) is 5.32 Å². The van der Waals surface area contributed by atoms with Crippen LogP contribution in [0, 0.1) is 11.3 Å². The van der Waals surface area contributed by atoms with Gasteiger partial charge in [-0.3, -0.25) is 9.59 Å². The molecule has 0 saturated heterocycles. The molecule has 1 fully saturated rings. The van der Waals surface area contributed by atoms with Crippen LogP contribution >= 0.6 is 0 Å². The molecule has 1 aliphatic rings. The maximum absolute atomic E-state index is 11.7. The van der Waals surface area contributed by atoms with Crippen LogP contribution in [-0.4, -0.2) is 23.5 Å². The Balaban J connectivity index is 2.40. The van der Waals surface area contributed by atoms with Gasteiger partial charge in [0.05, 0.1) is 5.41 Å². The molecule has 98 valence electrons. The first kappa shape index (κ1) is 14.0. The minimum atomic E-state index is -0.811. The highest BCUT2D eigenvalue weighted by molar-refractivity contribution is 5.85. The van der Waals surface area contributed by atoms with Crippen molar-refractivity contribution in [3.05, 3.63) is 0 Å². The number of carboxylic acids is 1. The van der Waals surface area contributed by atoms with Crippen LogP contribution in [0.2, 0.25) is 0 Å². The molecule has 0 aromatic carbocycles. The van der Waals surface area contributed by atoms with E-state index in [-0.39, 0.29) is 12.3 Å². The summed E-state index contributed by atoms with van der Waals surface area (Å²) >= 11 is 0. The smallest absolute Gasteiger partial charge is 0.310 e. The summed E-state index contributed by atoms with van der Waals surface area (Å²) in [5.41, 5.74) is -0.790. The van der Waals surface area contributed by atoms with Crippen LogP contribution in [0.4, 0.5) is 0 Å². The first-order valence-corrected chi connectivity index (χ1v) is 6.46. The van der Waals surface area contributed by atoms with E-state index in [1.54, 1.807) is 0 Å². The number of carbonyl (C=O) groups is 2. The van der Waals surface area contributed by atoms with Crippen molar-refractivity contribution in [3.8, 4) is 0 Å². The topological polar surface area (TPSA) is 66.4 Å². The van der Waals surface area contributed by atoms with Gasteiger partial charge in [0.15, 0.2) is 0 Å². The summed E-state index contributed by atoms with van der Waals surface area (Å²) in [6.07, 6.45) is 4.20. The lowest BCUT2D eigenvalue weighted by Crippen LogP contribution is -2.36. The number of carboxylic acid groups (broad SMARTS) is 1. The molecule has 0 aliphatic heterocycles. The van der Waals surface area contributed by atoms with Gasteiger partial charge in [-0.15, -0.1) is 0 Å². The van der Waals surface area contributed by atoms with Gasteiger partial charge in [0, 0.05) is 13.0 Å². The Morgan fingerprint density at radius 1 is 1.29 bits per heavy atom. The average molecular weight is 241 g/mol. The molecule has 0 spiro atoms. The molecule has 1 rings (SSSR count). The van der Waals surface area contributed by atoms with Gasteiger partial charge in [0.2, 0.25) is 5.91 Å². The molecule has 0 aromatic heterocycles. The van der Waals surface area contributed by atoms with E-state index < -0.39 is 11.4 Å². The van der Waals surface area contributed by atoms with Gasteiger partial charge in [0.1, 0.15) is 0 Å². The van der Waals surface area contributed by atoms with Crippen LogP contribution in [0.1, 0.15) is 52.4 Å². The Hall–Kier alpha value is -1.06. The second-order valence-corrected chi connectivity index (χ2v) is 5.50. The quantitative estimate of drug-likeness (QED) is 0.749. The van der Waals surface area contributed by atoms with E-state index in [1.807, 2.05) is 0 Å². The summed E-state index contributed by atoms with van der Waals surface area (Å²) in [6.45, 7) is 4.84. The summed E-state index contributed by atoms with van der Waals surface area (Å²) in [7, 11) is 0. The van der Waals surface area contributed by atoms with E-state index in [0.717, 1.165) is 19.3 Å². The van der Waals surface area contributed by atoms with Crippen molar-refractivity contribution in [2.75, 3.05) is 6.54 Å². The van der Waals surface area contributed by atoms with Crippen molar-refractivity contribution in [1.29, 1.82) is 0 Å². The van der Waals surface area contributed by atoms with Gasteiger partial charge in [-0.2, -0.15) is 0 Å². The number of rotatable bonds is 6. The molecule has 0 radical (unpaired) electrons. The second kappa shape index (κ2) is 6.03. The number of hydrogen-bond acceptors (Lipinski definition) is 2. The Morgan fingerprint density at radius 3 is 2.35 bits per heavy atom. The van der Waals surface area contributed by atoms with E-state index in [4.69, 9.17) is 0 Å². The molecule has 0 aromatic rings. The van der Waals surface area contributed by atoms with Gasteiger partial charge < -0.3 is 10.4 Å². The third kappa shape index (κ3) is 4.02. The monoisotopic (exact) mass is 241 g/mol. The maximum Gasteiger partial charge on any atom is 0.310 e. The Kier molecular flexibility index (Phi) is 4.97. The van der Waals surface area contributed by atoms with Crippen LogP contribution in [-0.2, 0) is 9.59 Å². The molecule has 17 heavy (non-hydrogen) atoms. The summed E-state index contributed by atoms with van der Waals surface area (Å²) < 4.78 is 0. The molecule has 1 saturated carbocycles. The van der Waals surface area contributed by atoms with Crippen LogP contribution in [0.3, 0.4) is 0 Å². The standard InChI is InChI=1S/C13H23NO3/c1-10(2)5-8-14-11(15)9-13(12(16)17)6-3-4-7-13/h10H,3-9H2,1-2H3,(H,14,15)(H,16,17). The van der Waals surface area contributed by atoms with Crippen molar-refractivity contribution in [2.24, 2.45) is 11.3 Å². The Morgan fingerprint density at radius 2 is 1.88 bits per heavy atom. The van der Waals surface area contributed by atoms with Gasteiger partial charge in [-0.1, -0.05) is 26.7 Å². The van der Waals surface area contributed by atoms with Crippen molar-refractivity contribution in [3.63, 3.8) is 0 Å². The van der Waals surface area contributed by atoms with E-state index in [0.29, 0.717) is 25.3 Å². The molecule has 2 N–H and O–H groups in total. The zero-order chi connectivity index (χ0) is 12.9. The zero-order valence-electron chi connectivity index (χ0n) is 10.8. The second-order valence-electron chi connectivity index (χ2n) is 5.50. The zero-order valence-corrected chi connectivity index (χ0v) is 10.8. The highest BCUT2D eigenvalue weighted by Gasteiger charge is 2.42. The number of amides is 1. The predicted octanol–water partition coefficient (Wildman–Crippen LogP) is 2.18. The lowest BCUT2D eigenvalue weighted by Gasteiger charge is -2.22. The molecule has 0 heterocycles. The lowest BCUT2D eigenvalue weighted by molar-refractivity contribution is -0.151. The van der Waals surface area contributed by atoms with Crippen molar-refractivity contribution in [2.45, 2.75) is 52.4 Å². The maximum atomic E-state index is 11.7. The molecule has 1 amide bonds. The number of hydrogen-bond donors (Lipinski definition) is 2. The van der Waals surface area contributed by atoms with E-state index in [2.05, 4.69) is 19.2 Å². The molecular weight excluding hydrogens is 218 g/mol. The van der Waals surface area contributed by atoms with Gasteiger partial charge in [-0.25, -0.2) is 0 Å². The average Bonchev–Trinajstić information content (AvgIpc) is 2.66. The lowest BCUT2D eigenvalue weighted by atomic mass is 9.82. The number of carbonyl (C=O) groups excluding carboxylic acids is 1. The highest BCUT2D eigenvalue weighted by Crippen LogP contribution is 2.41. The Bertz CT molecular complexity index is 280. The largest absolute Gasteiger partial charge is 0.481 e. The van der Waals surface area contributed by atoms with Crippen molar-refractivity contribution < 1.29 is 14.7 Å². The van der Waals surface area contributed by atoms with Gasteiger partial charge in [-0.05, 0) is 25.2 Å². The molecule has 0 unspecified atom stereocenters. The van der Waals surface area contributed by atoms with E-state index in [1.165, 1.54) is 0 Å². The van der Waals surface area contributed by atoms with Crippen LogP contribution in [0.25, 0.3) is 0 Å². The fourth-order valence-electron chi connectivity index (χ4n) is 2.39. The van der Waals surface area contributed by atoms with Crippen LogP contribution in [0.15, 0.2) is 0 Å². The number of nitrogens with one attached hydrogen (secondary N) is 1. The highest BCUT2D eigenvalue weighted by atomic mass is 16.4. The molecule has 0 atom stereocenters. The minimum absolute atomic E-state index is 0.116. The Labute approximate surface area is 103 Å². The summed E-state index contributed by atoms with van der Waals surface area (Å²) in [6, 6.07) is 0. The van der Waals surface area contributed by atoms with Gasteiger partial charge >= 0.3 is 5.97 Å². The fourth-order valence-corrected chi connectivity index (χ4v) is 2.39. The predicted molar refractivity (Wildman–Crippen MR) is 65.6 cm³/mol. The van der Waals surface area contributed by atoms with Crippen LogP contribution < -0.4 is 5.32 Å². The van der Waals surface area contributed by atoms with E-state index >= 15 is 0 Å². The first-order chi connectivity index (χ1) is 7.96. The fraction of sp³-hybridized carbons (Fsp3) is 0.846. The molecule has 0 bridgehead atoms. The summed E-state index contributed by atoms with van der Waals surface area (Å²) in [5, 5.41) is 12.1. The van der Waals surface area contributed by atoms with Crippen LogP contribution in [0.5, 0.6) is 0 Å². The summed E-state index contributed by atoms with van der Waals surface area (Å²) in [5.74, 6) is -0.376. The third-order valence-electron chi connectivity index (χ3n) is 3.56. The van der Waals surface area contributed by atoms with Gasteiger partial charge in [0.25, 0.3) is 0 Å². The minimum Gasteiger partial charge on any atom is -0.481 e. The summed E-state index contributed by atoms with van der Waals surface area (Å²) in [4.78, 5) is 23.0. The molecular formula is C13H23NO3. The van der Waals surface area contributed by atoms with Crippen molar-refractivity contribution >= 4 is 11.9 Å². The number of aliphatic carboxylic acids is 1. The first-order valence-electron chi connectivity index (χ1n) is 6.46. The molecule has 4 heteroatoms. The SMILES string of the molecule is CC(C)CCNC(=O)CC1(C(=O)O)CCCC1. The third-order valence-corrected chi connectivity index (χ3v) is 3.56. The molecule has 1 aliphatic carbocycles.